The third-order valence-electron chi connectivity index (χ3n) is 3.65. The van der Waals surface area contributed by atoms with Gasteiger partial charge in [-0.25, -0.2) is 4.79 Å². The van der Waals surface area contributed by atoms with Gasteiger partial charge in [-0.2, -0.15) is 0 Å². The van der Waals surface area contributed by atoms with Crippen LogP contribution in [0.3, 0.4) is 0 Å². The number of benzene rings is 1. The Bertz CT molecular complexity index is 469. The quantitative estimate of drug-likeness (QED) is 0.691. The van der Waals surface area contributed by atoms with Crippen molar-refractivity contribution in [3.8, 4) is 5.75 Å². The van der Waals surface area contributed by atoms with Crippen LogP contribution in [0.15, 0.2) is 24.3 Å². The molecule has 1 saturated carbocycles. The van der Waals surface area contributed by atoms with Gasteiger partial charge in [0.25, 0.3) is 0 Å². The number of ether oxygens (including phenoxy) is 1. The number of nitrogens with one attached hydrogen (secondary N) is 2. The average molecular weight is 306 g/mol. The molecule has 0 unspecified atom stereocenters. The van der Waals surface area contributed by atoms with E-state index in [1.165, 1.54) is 12.8 Å². The second-order valence-corrected chi connectivity index (χ2v) is 6.30. The first-order valence-electron chi connectivity index (χ1n) is 7.98. The van der Waals surface area contributed by atoms with E-state index in [9.17, 15) is 9.90 Å². The topological polar surface area (TPSA) is 70.6 Å². The number of urea groups is 1. The van der Waals surface area contributed by atoms with Crippen molar-refractivity contribution in [1.82, 2.24) is 5.32 Å². The van der Waals surface area contributed by atoms with E-state index >= 15 is 0 Å². The number of carbonyl (C=O) groups excluding carboxylic acids is 1. The van der Waals surface area contributed by atoms with Gasteiger partial charge >= 0.3 is 6.03 Å². The van der Waals surface area contributed by atoms with Gasteiger partial charge in [-0.15, -0.1) is 0 Å². The lowest BCUT2D eigenvalue weighted by atomic mass is 10.1. The summed E-state index contributed by atoms with van der Waals surface area (Å²) in [6.07, 6.45) is 2.87. The number of amides is 2. The van der Waals surface area contributed by atoms with E-state index in [4.69, 9.17) is 4.74 Å². The van der Waals surface area contributed by atoms with E-state index in [2.05, 4.69) is 10.6 Å². The predicted octanol–water partition coefficient (Wildman–Crippen LogP) is 3.00. The SMILES string of the molecule is C[C@@H](CNC(=O)Nc1ccc(OCC2CC2)cc1)C[C@@H](C)O. The van der Waals surface area contributed by atoms with E-state index < -0.39 is 0 Å². The smallest absolute Gasteiger partial charge is 0.319 e. The van der Waals surface area contributed by atoms with Crippen LogP contribution in [0.2, 0.25) is 0 Å². The third kappa shape index (κ3) is 6.35. The maximum atomic E-state index is 11.8. The van der Waals surface area contributed by atoms with Gasteiger partial charge in [0.2, 0.25) is 0 Å². The van der Waals surface area contributed by atoms with Crippen molar-refractivity contribution in [2.75, 3.05) is 18.5 Å². The van der Waals surface area contributed by atoms with E-state index in [0.717, 1.165) is 24.0 Å². The molecular weight excluding hydrogens is 280 g/mol. The highest BCUT2D eigenvalue weighted by molar-refractivity contribution is 5.89. The highest BCUT2D eigenvalue weighted by Gasteiger charge is 2.21. The average Bonchev–Trinajstić information content (AvgIpc) is 3.28. The molecule has 1 aliphatic carbocycles. The first kappa shape index (κ1) is 16.6. The Hall–Kier alpha value is -1.75. The fourth-order valence-electron chi connectivity index (χ4n) is 2.24. The van der Waals surface area contributed by atoms with Gasteiger partial charge < -0.3 is 20.5 Å². The predicted molar refractivity (Wildman–Crippen MR) is 87.1 cm³/mol. The molecule has 1 aromatic carbocycles. The molecule has 1 aromatic rings. The highest BCUT2D eigenvalue weighted by atomic mass is 16.5. The molecule has 5 nitrogen and oxygen atoms in total. The van der Waals surface area contributed by atoms with E-state index in [0.29, 0.717) is 13.0 Å². The number of hydrogen-bond acceptors (Lipinski definition) is 3. The van der Waals surface area contributed by atoms with Gasteiger partial charge in [0, 0.05) is 12.2 Å². The van der Waals surface area contributed by atoms with Crippen LogP contribution in [0.1, 0.15) is 33.1 Å². The largest absolute Gasteiger partial charge is 0.493 e. The van der Waals surface area contributed by atoms with Gasteiger partial charge in [-0.05, 0) is 62.3 Å². The van der Waals surface area contributed by atoms with Crippen LogP contribution in [0.25, 0.3) is 0 Å². The third-order valence-corrected chi connectivity index (χ3v) is 3.65. The highest BCUT2D eigenvalue weighted by Crippen LogP contribution is 2.29. The fourth-order valence-corrected chi connectivity index (χ4v) is 2.24. The molecular formula is C17H26N2O3. The molecule has 0 heterocycles. The molecule has 0 spiro atoms. The zero-order valence-electron chi connectivity index (χ0n) is 13.3. The summed E-state index contributed by atoms with van der Waals surface area (Å²) in [5, 5.41) is 14.9. The van der Waals surface area contributed by atoms with Crippen molar-refractivity contribution >= 4 is 11.7 Å². The molecule has 0 radical (unpaired) electrons. The van der Waals surface area contributed by atoms with Crippen LogP contribution in [-0.2, 0) is 0 Å². The summed E-state index contributed by atoms with van der Waals surface area (Å²) in [6, 6.07) is 7.17. The van der Waals surface area contributed by atoms with Crippen molar-refractivity contribution in [1.29, 1.82) is 0 Å². The summed E-state index contributed by atoms with van der Waals surface area (Å²) in [4.78, 5) is 11.8. The number of carbonyl (C=O) groups is 1. The standard InChI is InChI=1S/C17H26N2O3/c1-12(9-13(2)20)10-18-17(21)19-15-5-7-16(8-6-15)22-11-14-3-4-14/h5-8,12-14,20H,3-4,9-11H2,1-2H3,(H2,18,19,21)/t12-,13-/m1/s1. The second kappa shape index (κ2) is 8.03. The molecule has 0 aliphatic heterocycles. The van der Waals surface area contributed by atoms with Crippen molar-refractivity contribution in [2.45, 2.75) is 39.2 Å². The van der Waals surface area contributed by atoms with Gasteiger partial charge in [0.05, 0.1) is 12.7 Å². The zero-order valence-corrected chi connectivity index (χ0v) is 13.3. The Morgan fingerprint density at radius 1 is 1.32 bits per heavy atom. The first-order chi connectivity index (χ1) is 10.5. The molecule has 2 amide bonds. The van der Waals surface area contributed by atoms with E-state index in [1.807, 2.05) is 31.2 Å². The lowest BCUT2D eigenvalue weighted by Gasteiger charge is -2.14. The second-order valence-electron chi connectivity index (χ2n) is 6.30. The molecule has 122 valence electrons. The normalized spacial score (nSPS) is 16.7. The van der Waals surface area contributed by atoms with Gasteiger partial charge in [-0.3, -0.25) is 0 Å². The fraction of sp³-hybridized carbons (Fsp3) is 0.588. The number of aliphatic hydroxyl groups excluding tert-OH is 1. The Kier molecular flexibility index (Phi) is 6.07. The summed E-state index contributed by atoms with van der Waals surface area (Å²) >= 11 is 0. The van der Waals surface area contributed by atoms with Crippen molar-refractivity contribution in [3.05, 3.63) is 24.3 Å². The van der Waals surface area contributed by atoms with Crippen LogP contribution < -0.4 is 15.4 Å². The number of aliphatic hydroxyl groups is 1. The molecule has 3 N–H and O–H groups in total. The summed E-state index contributed by atoms with van der Waals surface area (Å²) in [5.74, 6) is 1.81. The van der Waals surface area contributed by atoms with Crippen LogP contribution in [0.5, 0.6) is 5.75 Å². The molecule has 0 saturated heterocycles. The number of rotatable bonds is 8. The maximum absolute atomic E-state index is 11.8. The van der Waals surface area contributed by atoms with E-state index in [-0.39, 0.29) is 18.1 Å². The van der Waals surface area contributed by atoms with Crippen LogP contribution >= 0.6 is 0 Å². The van der Waals surface area contributed by atoms with Crippen molar-refractivity contribution < 1.29 is 14.6 Å². The Balaban J connectivity index is 1.69. The first-order valence-corrected chi connectivity index (χ1v) is 7.98. The molecule has 22 heavy (non-hydrogen) atoms. The van der Waals surface area contributed by atoms with Gasteiger partial charge in [0.1, 0.15) is 5.75 Å². The molecule has 1 aliphatic rings. The molecule has 1 fully saturated rings. The Morgan fingerprint density at radius 2 is 2.00 bits per heavy atom. The van der Waals surface area contributed by atoms with Crippen molar-refractivity contribution in [3.63, 3.8) is 0 Å². The minimum atomic E-state index is -0.344. The van der Waals surface area contributed by atoms with Crippen LogP contribution in [-0.4, -0.2) is 30.4 Å². The van der Waals surface area contributed by atoms with Gasteiger partial charge in [-0.1, -0.05) is 6.92 Å². The molecule has 0 bridgehead atoms. The summed E-state index contributed by atoms with van der Waals surface area (Å²) in [7, 11) is 0. The van der Waals surface area contributed by atoms with E-state index in [1.54, 1.807) is 6.92 Å². The molecule has 2 atom stereocenters. The lowest BCUT2D eigenvalue weighted by Crippen LogP contribution is -2.33. The molecule has 5 heteroatoms. The minimum absolute atomic E-state index is 0.232. The Labute approximate surface area is 132 Å². The Morgan fingerprint density at radius 3 is 2.59 bits per heavy atom. The summed E-state index contributed by atoms with van der Waals surface area (Å²) in [5.41, 5.74) is 0.736. The zero-order chi connectivity index (χ0) is 15.9. The molecule has 2 rings (SSSR count). The number of hydrogen-bond donors (Lipinski definition) is 3. The number of anilines is 1. The van der Waals surface area contributed by atoms with Crippen LogP contribution in [0.4, 0.5) is 10.5 Å². The monoisotopic (exact) mass is 306 g/mol. The summed E-state index contributed by atoms with van der Waals surface area (Å²) < 4.78 is 5.65. The van der Waals surface area contributed by atoms with Crippen LogP contribution in [0, 0.1) is 11.8 Å². The van der Waals surface area contributed by atoms with Gasteiger partial charge in [0.15, 0.2) is 0 Å². The van der Waals surface area contributed by atoms with Crippen molar-refractivity contribution in [2.24, 2.45) is 11.8 Å². The molecule has 0 aromatic heterocycles. The summed E-state index contributed by atoms with van der Waals surface area (Å²) in [6.45, 7) is 5.08. The lowest BCUT2D eigenvalue weighted by molar-refractivity contribution is 0.163. The maximum Gasteiger partial charge on any atom is 0.319 e. The minimum Gasteiger partial charge on any atom is -0.493 e.